The Morgan fingerprint density at radius 2 is 2.18 bits per heavy atom. The number of pyridine rings is 1. The fourth-order valence-corrected chi connectivity index (χ4v) is 1.80. The Hall–Kier alpha value is -0.990. The number of nitrogens with zero attached hydrogens (tertiary/aromatic N) is 1. The molecule has 0 aliphatic rings. The topological polar surface area (TPSA) is 48.4 Å². The minimum absolute atomic E-state index is 0.0261. The number of esters is 1. The maximum Gasteiger partial charge on any atom is 0.310 e. The molecule has 0 aromatic carbocycles. The number of hydrogen-bond donors (Lipinski definition) is 0. The molecule has 0 amide bonds. The second kappa shape index (κ2) is 6.08. The lowest BCUT2D eigenvalue weighted by atomic mass is 10.2. The fraction of sp³-hybridized carbons (Fsp3) is 0.400. The van der Waals surface area contributed by atoms with Crippen LogP contribution in [0.25, 0.3) is 0 Å². The second-order valence-corrected chi connectivity index (χ2v) is 4.10. The van der Waals surface area contributed by atoms with E-state index in [4.69, 9.17) is 4.74 Å². The van der Waals surface area contributed by atoms with Gasteiger partial charge in [-0.3, -0.25) is 4.79 Å². The van der Waals surface area contributed by atoms with E-state index in [0.717, 1.165) is 0 Å². The van der Waals surface area contributed by atoms with Crippen molar-refractivity contribution in [3.05, 3.63) is 21.0 Å². The molecule has 94 valence electrons. The molecule has 0 unspecified atom stereocenters. The molecule has 0 saturated carbocycles. The van der Waals surface area contributed by atoms with E-state index < -0.39 is 18.1 Å². The second-order valence-electron chi connectivity index (χ2n) is 3.08. The van der Waals surface area contributed by atoms with Crippen LogP contribution in [0.1, 0.15) is 17.7 Å². The van der Waals surface area contributed by atoms with Gasteiger partial charge in [-0.05, 0) is 34.2 Å². The smallest absolute Gasteiger partial charge is 0.310 e. The van der Waals surface area contributed by atoms with Crippen LogP contribution in [0.2, 0.25) is 0 Å². The number of hydrogen-bond acceptors (Lipinski definition) is 4. The molecule has 1 aromatic rings. The molecule has 1 rings (SSSR count). The Labute approximate surface area is 110 Å². The standard InChI is InChI=1S/C10H10F2INO3/c1-16-6-3-5(4-7(15)17-2)10(13)14-8(6)9(11)12/h3,9H,4H2,1-2H3. The van der Waals surface area contributed by atoms with Crippen molar-refractivity contribution in [1.29, 1.82) is 0 Å². The van der Waals surface area contributed by atoms with Gasteiger partial charge in [0.1, 0.15) is 15.1 Å². The molecule has 0 fully saturated rings. The van der Waals surface area contributed by atoms with Crippen molar-refractivity contribution in [2.45, 2.75) is 12.8 Å². The molecule has 7 heteroatoms. The third-order valence-electron chi connectivity index (χ3n) is 2.03. The largest absolute Gasteiger partial charge is 0.495 e. The number of carbonyl (C=O) groups excluding carboxylic acids is 1. The van der Waals surface area contributed by atoms with Crippen LogP contribution in [-0.4, -0.2) is 25.2 Å². The summed E-state index contributed by atoms with van der Waals surface area (Å²) in [5, 5.41) is 0. The lowest BCUT2D eigenvalue weighted by Gasteiger charge is -2.10. The number of halogens is 3. The zero-order chi connectivity index (χ0) is 13.0. The Morgan fingerprint density at radius 1 is 1.53 bits per heavy atom. The van der Waals surface area contributed by atoms with Crippen molar-refractivity contribution in [1.82, 2.24) is 4.98 Å². The number of rotatable bonds is 4. The SMILES string of the molecule is COC(=O)Cc1cc(OC)c(C(F)F)nc1I. The van der Waals surface area contributed by atoms with Gasteiger partial charge < -0.3 is 9.47 Å². The van der Waals surface area contributed by atoms with Gasteiger partial charge >= 0.3 is 5.97 Å². The van der Waals surface area contributed by atoms with Gasteiger partial charge in [-0.2, -0.15) is 0 Å². The Balaban J connectivity index is 3.13. The average Bonchev–Trinajstić information content (AvgIpc) is 2.30. The summed E-state index contributed by atoms with van der Waals surface area (Å²) in [5.74, 6) is -0.490. The molecule has 0 radical (unpaired) electrons. The number of methoxy groups -OCH3 is 2. The van der Waals surface area contributed by atoms with Gasteiger partial charge in [-0.25, -0.2) is 13.8 Å². The fourth-order valence-electron chi connectivity index (χ4n) is 1.20. The molecular formula is C10H10F2INO3. The van der Waals surface area contributed by atoms with Crippen molar-refractivity contribution in [2.24, 2.45) is 0 Å². The van der Waals surface area contributed by atoms with Crippen LogP contribution in [0.3, 0.4) is 0 Å². The van der Waals surface area contributed by atoms with E-state index in [-0.39, 0.29) is 12.2 Å². The minimum Gasteiger partial charge on any atom is -0.495 e. The first-order valence-corrected chi connectivity index (χ1v) is 5.65. The molecule has 1 heterocycles. The Morgan fingerprint density at radius 3 is 2.65 bits per heavy atom. The number of aromatic nitrogens is 1. The van der Waals surface area contributed by atoms with E-state index in [1.165, 1.54) is 20.3 Å². The lowest BCUT2D eigenvalue weighted by molar-refractivity contribution is -0.139. The highest BCUT2D eigenvalue weighted by molar-refractivity contribution is 14.1. The molecule has 0 aliphatic heterocycles. The molecule has 0 spiro atoms. The van der Waals surface area contributed by atoms with Crippen molar-refractivity contribution >= 4 is 28.6 Å². The summed E-state index contributed by atoms with van der Waals surface area (Å²) in [6.45, 7) is 0. The van der Waals surface area contributed by atoms with Gasteiger partial charge in [-0.15, -0.1) is 0 Å². The number of ether oxygens (including phenoxy) is 2. The zero-order valence-corrected chi connectivity index (χ0v) is 11.3. The minimum atomic E-state index is -2.72. The van der Waals surface area contributed by atoms with Crippen molar-refractivity contribution in [3.63, 3.8) is 0 Å². The van der Waals surface area contributed by atoms with Crippen LogP contribution < -0.4 is 4.74 Å². The van der Waals surface area contributed by atoms with Gasteiger partial charge in [0, 0.05) is 0 Å². The Bertz CT molecular complexity index is 426. The van der Waals surface area contributed by atoms with E-state index in [1.54, 1.807) is 22.6 Å². The highest BCUT2D eigenvalue weighted by Crippen LogP contribution is 2.29. The molecular weight excluding hydrogens is 347 g/mol. The zero-order valence-electron chi connectivity index (χ0n) is 9.17. The van der Waals surface area contributed by atoms with Gasteiger partial charge in [-0.1, -0.05) is 0 Å². The summed E-state index contributed by atoms with van der Waals surface area (Å²) in [7, 11) is 2.53. The monoisotopic (exact) mass is 357 g/mol. The van der Waals surface area contributed by atoms with E-state index in [9.17, 15) is 13.6 Å². The van der Waals surface area contributed by atoms with E-state index in [1.807, 2.05) is 0 Å². The molecule has 0 bridgehead atoms. The van der Waals surface area contributed by atoms with Crippen LogP contribution >= 0.6 is 22.6 Å². The molecule has 0 N–H and O–H groups in total. The van der Waals surface area contributed by atoms with Gasteiger partial charge in [0.05, 0.1) is 20.6 Å². The van der Waals surface area contributed by atoms with E-state index >= 15 is 0 Å². The first-order valence-electron chi connectivity index (χ1n) is 4.57. The summed E-state index contributed by atoms with van der Waals surface area (Å²) in [4.78, 5) is 14.8. The molecule has 0 atom stereocenters. The molecule has 1 aromatic heterocycles. The molecule has 4 nitrogen and oxygen atoms in total. The third-order valence-corrected chi connectivity index (χ3v) is 2.96. The average molecular weight is 357 g/mol. The first-order chi connectivity index (χ1) is 7.99. The predicted molar refractivity (Wildman–Crippen MR) is 64.2 cm³/mol. The number of alkyl halides is 2. The highest BCUT2D eigenvalue weighted by atomic mass is 127. The van der Waals surface area contributed by atoms with Crippen molar-refractivity contribution in [2.75, 3.05) is 14.2 Å². The normalized spacial score (nSPS) is 10.5. The highest BCUT2D eigenvalue weighted by Gasteiger charge is 2.19. The summed E-state index contributed by atoms with van der Waals surface area (Å²) < 4.78 is 34.9. The quantitative estimate of drug-likeness (QED) is 0.472. The molecule has 0 saturated heterocycles. The lowest BCUT2D eigenvalue weighted by Crippen LogP contribution is -2.09. The van der Waals surface area contributed by atoms with E-state index in [2.05, 4.69) is 9.72 Å². The Kier molecular flexibility index (Phi) is 5.03. The van der Waals surface area contributed by atoms with Crippen LogP contribution in [0.4, 0.5) is 8.78 Å². The van der Waals surface area contributed by atoms with Crippen molar-refractivity contribution < 1.29 is 23.0 Å². The number of carbonyl (C=O) groups is 1. The first kappa shape index (κ1) is 14.1. The van der Waals surface area contributed by atoms with Crippen molar-refractivity contribution in [3.8, 4) is 5.75 Å². The maximum atomic E-state index is 12.6. The van der Waals surface area contributed by atoms with Crippen LogP contribution in [0, 0.1) is 3.70 Å². The van der Waals surface area contributed by atoms with Gasteiger partial charge in [0.15, 0.2) is 0 Å². The predicted octanol–water partition coefficient (Wildman–Crippen LogP) is 2.35. The van der Waals surface area contributed by atoms with Gasteiger partial charge in [0.25, 0.3) is 6.43 Å². The maximum absolute atomic E-state index is 12.6. The van der Waals surface area contributed by atoms with Crippen LogP contribution in [0.15, 0.2) is 6.07 Å². The summed E-state index contributed by atoms with van der Waals surface area (Å²) in [5.41, 5.74) is 0.0733. The summed E-state index contributed by atoms with van der Waals surface area (Å²) >= 11 is 1.79. The van der Waals surface area contributed by atoms with Crippen LogP contribution in [-0.2, 0) is 16.0 Å². The third kappa shape index (κ3) is 3.48. The molecule has 0 aliphatic carbocycles. The summed E-state index contributed by atoms with van der Waals surface area (Å²) in [6, 6.07) is 1.38. The van der Waals surface area contributed by atoms with E-state index in [0.29, 0.717) is 9.26 Å². The summed E-state index contributed by atoms with van der Waals surface area (Å²) in [6.07, 6.45) is -2.74. The van der Waals surface area contributed by atoms with Gasteiger partial charge in [0.2, 0.25) is 0 Å². The van der Waals surface area contributed by atoms with Crippen LogP contribution in [0.5, 0.6) is 5.75 Å². The molecule has 17 heavy (non-hydrogen) atoms.